The van der Waals surface area contributed by atoms with Crippen molar-refractivity contribution in [1.82, 2.24) is 5.32 Å². The van der Waals surface area contributed by atoms with Crippen LogP contribution in [0.2, 0.25) is 0 Å². The van der Waals surface area contributed by atoms with Gasteiger partial charge >= 0.3 is 0 Å². The third kappa shape index (κ3) is 1.98. The Labute approximate surface area is 84.0 Å². The van der Waals surface area contributed by atoms with Crippen molar-refractivity contribution in [2.45, 2.75) is 44.0 Å². The van der Waals surface area contributed by atoms with Crippen LogP contribution >= 0.6 is 11.6 Å². The van der Waals surface area contributed by atoms with Gasteiger partial charge in [0.2, 0.25) is 5.91 Å². The van der Waals surface area contributed by atoms with E-state index in [0.29, 0.717) is 5.92 Å². The minimum absolute atomic E-state index is 0.165. The lowest BCUT2D eigenvalue weighted by Crippen LogP contribution is -2.38. The minimum Gasteiger partial charge on any atom is -0.352 e. The number of amides is 1. The molecular weight excluding hydrogens is 186 g/mol. The van der Waals surface area contributed by atoms with Gasteiger partial charge in [0.05, 0.1) is 5.38 Å². The highest BCUT2D eigenvalue weighted by atomic mass is 35.5. The van der Waals surface area contributed by atoms with E-state index in [1.54, 1.807) is 0 Å². The molecule has 2 saturated carbocycles. The summed E-state index contributed by atoms with van der Waals surface area (Å²) in [6.45, 7) is 2.12. The smallest absolute Gasteiger partial charge is 0.223 e. The Bertz CT molecular complexity index is 219. The lowest BCUT2D eigenvalue weighted by Gasteiger charge is -2.15. The summed E-state index contributed by atoms with van der Waals surface area (Å²) in [5, 5.41) is 3.21. The first-order valence-corrected chi connectivity index (χ1v) is 5.56. The SMILES string of the molecule is CC1CC1C(=O)NC1CCCC1Cl. The van der Waals surface area contributed by atoms with E-state index in [1.165, 1.54) is 0 Å². The minimum atomic E-state index is 0.165. The van der Waals surface area contributed by atoms with Gasteiger partial charge in [0, 0.05) is 12.0 Å². The largest absolute Gasteiger partial charge is 0.352 e. The second kappa shape index (κ2) is 3.49. The summed E-state index contributed by atoms with van der Waals surface area (Å²) < 4.78 is 0. The first-order valence-electron chi connectivity index (χ1n) is 5.13. The van der Waals surface area contributed by atoms with Crippen molar-refractivity contribution in [3.05, 3.63) is 0 Å². The molecule has 0 aromatic carbocycles. The predicted octanol–water partition coefficient (Wildman–Crippen LogP) is 1.92. The van der Waals surface area contributed by atoms with Crippen molar-refractivity contribution in [3.63, 3.8) is 0 Å². The molecule has 0 spiro atoms. The number of hydrogen-bond acceptors (Lipinski definition) is 1. The van der Waals surface area contributed by atoms with E-state index in [0.717, 1.165) is 25.7 Å². The highest BCUT2D eigenvalue weighted by molar-refractivity contribution is 6.21. The highest BCUT2D eigenvalue weighted by Gasteiger charge is 2.40. The highest BCUT2D eigenvalue weighted by Crippen LogP contribution is 2.38. The molecule has 74 valence electrons. The molecule has 4 atom stereocenters. The fourth-order valence-corrected chi connectivity index (χ4v) is 2.40. The van der Waals surface area contributed by atoms with Gasteiger partial charge in [0.25, 0.3) is 0 Å². The number of rotatable bonds is 2. The summed E-state index contributed by atoms with van der Waals surface area (Å²) in [4.78, 5) is 11.5. The van der Waals surface area contributed by atoms with Gasteiger partial charge in [-0.1, -0.05) is 6.92 Å². The van der Waals surface area contributed by atoms with Crippen LogP contribution in [0.3, 0.4) is 0 Å². The first-order chi connectivity index (χ1) is 6.18. The van der Waals surface area contributed by atoms with E-state index in [4.69, 9.17) is 11.6 Å². The molecule has 2 rings (SSSR count). The maximum atomic E-state index is 11.5. The van der Waals surface area contributed by atoms with Gasteiger partial charge in [-0.05, 0) is 31.6 Å². The van der Waals surface area contributed by atoms with Gasteiger partial charge < -0.3 is 5.32 Å². The summed E-state index contributed by atoms with van der Waals surface area (Å²) in [6, 6.07) is 0.238. The van der Waals surface area contributed by atoms with Crippen molar-refractivity contribution in [1.29, 1.82) is 0 Å². The summed E-state index contributed by atoms with van der Waals surface area (Å²) >= 11 is 6.07. The fraction of sp³-hybridized carbons (Fsp3) is 0.900. The van der Waals surface area contributed by atoms with Gasteiger partial charge in [-0.3, -0.25) is 4.79 Å². The zero-order valence-corrected chi connectivity index (χ0v) is 8.68. The van der Waals surface area contributed by atoms with Gasteiger partial charge in [-0.2, -0.15) is 0 Å². The molecule has 3 heteroatoms. The molecule has 0 aromatic heterocycles. The molecule has 2 nitrogen and oxygen atoms in total. The fourth-order valence-electron chi connectivity index (χ4n) is 2.05. The molecule has 1 N–H and O–H groups in total. The van der Waals surface area contributed by atoms with Gasteiger partial charge in [-0.25, -0.2) is 0 Å². The Hall–Kier alpha value is -0.240. The Morgan fingerprint density at radius 1 is 1.46 bits per heavy atom. The average Bonchev–Trinajstić information content (AvgIpc) is 2.68. The lowest BCUT2D eigenvalue weighted by molar-refractivity contribution is -0.123. The third-order valence-corrected chi connectivity index (χ3v) is 3.73. The van der Waals surface area contributed by atoms with Crippen molar-refractivity contribution in [3.8, 4) is 0 Å². The van der Waals surface area contributed by atoms with E-state index < -0.39 is 0 Å². The first kappa shape index (κ1) is 9.32. The van der Waals surface area contributed by atoms with E-state index in [9.17, 15) is 4.79 Å². The normalized spacial score (nSPS) is 43.2. The van der Waals surface area contributed by atoms with Gasteiger partial charge in [0.15, 0.2) is 0 Å². The Morgan fingerprint density at radius 2 is 2.15 bits per heavy atom. The molecule has 1 amide bonds. The molecular formula is C10H16ClNO. The number of halogens is 1. The second-order valence-corrected chi connectivity index (χ2v) is 4.94. The van der Waals surface area contributed by atoms with Crippen LogP contribution in [0, 0.1) is 11.8 Å². The van der Waals surface area contributed by atoms with Crippen LogP contribution in [-0.4, -0.2) is 17.3 Å². The van der Waals surface area contributed by atoms with Crippen LogP contribution in [0.4, 0.5) is 0 Å². The second-order valence-electron chi connectivity index (χ2n) is 4.38. The molecule has 0 bridgehead atoms. The van der Waals surface area contributed by atoms with Gasteiger partial charge in [-0.15, -0.1) is 11.6 Å². The maximum Gasteiger partial charge on any atom is 0.223 e. The number of nitrogens with one attached hydrogen (secondary N) is 1. The predicted molar refractivity (Wildman–Crippen MR) is 52.7 cm³/mol. The third-order valence-electron chi connectivity index (χ3n) is 3.21. The van der Waals surface area contributed by atoms with E-state index in [2.05, 4.69) is 12.2 Å². The Balaban J connectivity index is 1.80. The summed E-state index contributed by atoms with van der Waals surface area (Å²) in [7, 11) is 0. The number of carbonyl (C=O) groups is 1. The standard InChI is InChI=1S/C10H16ClNO/c1-6-5-7(6)10(13)12-9-4-2-3-8(9)11/h6-9H,2-5H2,1H3,(H,12,13). The van der Waals surface area contributed by atoms with Crippen LogP contribution in [0.1, 0.15) is 32.6 Å². The topological polar surface area (TPSA) is 29.1 Å². The molecule has 4 unspecified atom stereocenters. The summed E-state index contributed by atoms with van der Waals surface area (Å²) in [6.07, 6.45) is 4.32. The number of hydrogen-bond donors (Lipinski definition) is 1. The zero-order chi connectivity index (χ0) is 9.42. The summed E-state index contributed by atoms with van der Waals surface area (Å²) in [5.74, 6) is 1.10. The molecule has 0 radical (unpaired) electrons. The van der Waals surface area contributed by atoms with Gasteiger partial charge in [0.1, 0.15) is 0 Å². The molecule has 2 aliphatic carbocycles. The van der Waals surface area contributed by atoms with Crippen LogP contribution in [0.15, 0.2) is 0 Å². The molecule has 0 saturated heterocycles. The Morgan fingerprint density at radius 3 is 2.62 bits per heavy atom. The van der Waals surface area contributed by atoms with Crippen LogP contribution < -0.4 is 5.32 Å². The molecule has 13 heavy (non-hydrogen) atoms. The van der Waals surface area contributed by atoms with Crippen LogP contribution in [-0.2, 0) is 4.79 Å². The zero-order valence-electron chi connectivity index (χ0n) is 7.92. The molecule has 0 aromatic rings. The summed E-state index contributed by atoms with van der Waals surface area (Å²) in [5.41, 5.74) is 0. The van der Waals surface area contributed by atoms with Crippen molar-refractivity contribution < 1.29 is 4.79 Å². The maximum absolute atomic E-state index is 11.5. The monoisotopic (exact) mass is 201 g/mol. The average molecular weight is 202 g/mol. The molecule has 0 aliphatic heterocycles. The van der Waals surface area contributed by atoms with Crippen molar-refractivity contribution >= 4 is 17.5 Å². The van der Waals surface area contributed by atoms with E-state index in [-0.39, 0.29) is 23.2 Å². The van der Waals surface area contributed by atoms with Crippen LogP contribution in [0.5, 0.6) is 0 Å². The molecule has 0 heterocycles. The number of alkyl halides is 1. The number of carbonyl (C=O) groups excluding carboxylic acids is 1. The van der Waals surface area contributed by atoms with Crippen molar-refractivity contribution in [2.24, 2.45) is 11.8 Å². The van der Waals surface area contributed by atoms with E-state index in [1.807, 2.05) is 0 Å². The quantitative estimate of drug-likeness (QED) is 0.680. The van der Waals surface area contributed by atoms with Crippen molar-refractivity contribution in [2.75, 3.05) is 0 Å². The molecule has 2 fully saturated rings. The lowest BCUT2D eigenvalue weighted by atomic mass is 10.2. The van der Waals surface area contributed by atoms with Crippen LogP contribution in [0.25, 0.3) is 0 Å². The Kier molecular flexibility index (Phi) is 2.50. The van der Waals surface area contributed by atoms with E-state index >= 15 is 0 Å². The molecule has 2 aliphatic rings.